The Hall–Kier alpha value is -3.00. The predicted octanol–water partition coefficient (Wildman–Crippen LogP) is 4.53. The van der Waals surface area contributed by atoms with Gasteiger partial charge in [-0.05, 0) is 62.1 Å². The molecule has 1 aromatic heterocycles. The highest BCUT2D eigenvalue weighted by Gasteiger charge is 2.14. The van der Waals surface area contributed by atoms with Gasteiger partial charge in [0.15, 0.2) is 5.16 Å². The maximum atomic E-state index is 12.5. The van der Waals surface area contributed by atoms with Crippen LogP contribution in [-0.2, 0) is 24.2 Å². The third-order valence-corrected chi connectivity index (χ3v) is 6.06. The number of aryl methyl sites for hydroxylation is 3. The van der Waals surface area contributed by atoms with Crippen LogP contribution in [0.4, 0.5) is 5.69 Å². The Morgan fingerprint density at radius 2 is 1.84 bits per heavy atom. The molecule has 0 saturated heterocycles. The predicted molar refractivity (Wildman–Crippen MR) is 128 cm³/mol. The van der Waals surface area contributed by atoms with Crippen molar-refractivity contribution in [2.45, 2.75) is 44.8 Å². The summed E-state index contributed by atoms with van der Waals surface area (Å²) in [5, 5.41) is 12.4. The highest BCUT2D eigenvalue weighted by Crippen LogP contribution is 2.26. The third-order valence-electron chi connectivity index (χ3n) is 5.10. The average Bonchev–Trinajstić information content (AvgIpc) is 3.20. The first kappa shape index (κ1) is 23.7. The molecule has 0 bridgehead atoms. The summed E-state index contributed by atoms with van der Waals surface area (Å²) in [6.45, 7) is 4.81. The molecule has 0 aliphatic carbocycles. The molecule has 3 aromatic rings. The molecule has 8 heteroatoms. The molecule has 2 aromatic carbocycles. The second-order valence-electron chi connectivity index (χ2n) is 7.39. The normalized spacial score (nSPS) is 10.8. The lowest BCUT2D eigenvalue weighted by Crippen LogP contribution is -2.15. The van der Waals surface area contributed by atoms with Crippen LogP contribution < -0.4 is 14.8 Å². The maximum Gasteiger partial charge on any atom is 0.234 e. The van der Waals surface area contributed by atoms with E-state index in [9.17, 15) is 4.79 Å². The van der Waals surface area contributed by atoms with Crippen molar-refractivity contribution < 1.29 is 14.3 Å². The van der Waals surface area contributed by atoms with Gasteiger partial charge in [-0.25, -0.2) is 0 Å². The van der Waals surface area contributed by atoms with Gasteiger partial charge in [0.2, 0.25) is 5.91 Å². The van der Waals surface area contributed by atoms with Crippen LogP contribution in [0.25, 0.3) is 0 Å². The Balaban J connectivity index is 1.54. The maximum absolute atomic E-state index is 12.5. The fourth-order valence-electron chi connectivity index (χ4n) is 3.41. The van der Waals surface area contributed by atoms with Crippen LogP contribution in [0.5, 0.6) is 11.5 Å². The van der Waals surface area contributed by atoms with E-state index in [1.165, 1.54) is 17.3 Å². The summed E-state index contributed by atoms with van der Waals surface area (Å²) in [4.78, 5) is 12.5. The molecule has 0 atom stereocenters. The third kappa shape index (κ3) is 6.26. The van der Waals surface area contributed by atoms with E-state index in [4.69, 9.17) is 9.47 Å². The number of carbonyl (C=O) groups excluding carboxylic acids is 1. The van der Waals surface area contributed by atoms with Crippen LogP contribution in [0.2, 0.25) is 0 Å². The van der Waals surface area contributed by atoms with Gasteiger partial charge in [0, 0.05) is 13.0 Å². The number of methoxy groups -OCH3 is 2. The van der Waals surface area contributed by atoms with Crippen molar-refractivity contribution in [3.8, 4) is 11.5 Å². The summed E-state index contributed by atoms with van der Waals surface area (Å²) >= 11 is 1.39. The minimum absolute atomic E-state index is 0.106. The number of rotatable bonds is 11. The van der Waals surface area contributed by atoms with Crippen LogP contribution in [0, 0.1) is 6.92 Å². The molecular formula is C24H30N4O3S. The van der Waals surface area contributed by atoms with E-state index in [2.05, 4.69) is 39.1 Å². The van der Waals surface area contributed by atoms with E-state index < -0.39 is 0 Å². The Labute approximate surface area is 193 Å². The Morgan fingerprint density at radius 1 is 1.06 bits per heavy atom. The molecule has 0 unspecified atom stereocenters. The van der Waals surface area contributed by atoms with Crippen molar-refractivity contribution in [2.24, 2.45) is 0 Å². The number of hydrogen-bond donors (Lipinski definition) is 1. The highest BCUT2D eigenvalue weighted by atomic mass is 32.2. The summed E-state index contributed by atoms with van der Waals surface area (Å²) in [7, 11) is 3.26. The summed E-state index contributed by atoms with van der Waals surface area (Å²) in [5.41, 5.74) is 3.00. The van der Waals surface area contributed by atoms with E-state index in [0.29, 0.717) is 11.4 Å². The number of ether oxygens (including phenoxy) is 2. The first-order valence-electron chi connectivity index (χ1n) is 10.7. The number of anilines is 1. The van der Waals surface area contributed by atoms with E-state index in [1.807, 2.05) is 37.3 Å². The molecule has 170 valence electrons. The lowest BCUT2D eigenvalue weighted by Gasteiger charge is -2.11. The average molecular weight is 455 g/mol. The molecule has 3 rings (SSSR count). The SMILES string of the molecule is CCn1c(CCCc2ccc(OC)cc2)nnc1SCC(=O)Nc1cc(C)ccc1OC. The van der Waals surface area contributed by atoms with Gasteiger partial charge in [0.1, 0.15) is 17.3 Å². The quantitative estimate of drug-likeness (QED) is 0.429. The molecule has 0 spiro atoms. The molecule has 1 N–H and O–H groups in total. The zero-order valence-electron chi connectivity index (χ0n) is 19.1. The van der Waals surface area contributed by atoms with Crippen molar-refractivity contribution in [1.29, 1.82) is 0 Å². The minimum atomic E-state index is -0.106. The topological polar surface area (TPSA) is 78.3 Å². The second-order valence-corrected chi connectivity index (χ2v) is 8.33. The number of hydrogen-bond acceptors (Lipinski definition) is 6. The molecule has 1 amide bonds. The van der Waals surface area contributed by atoms with E-state index in [-0.39, 0.29) is 11.7 Å². The molecule has 0 saturated carbocycles. The van der Waals surface area contributed by atoms with E-state index in [1.54, 1.807) is 14.2 Å². The number of carbonyl (C=O) groups is 1. The second kappa shape index (κ2) is 11.6. The summed E-state index contributed by atoms with van der Waals surface area (Å²) in [6, 6.07) is 13.8. The number of amides is 1. The number of nitrogens with zero attached hydrogens (tertiary/aromatic N) is 3. The van der Waals surface area contributed by atoms with Crippen LogP contribution in [0.15, 0.2) is 47.6 Å². The van der Waals surface area contributed by atoms with Gasteiger partial charge >= 0.3 is 0 Å². The largest absolute Gasteiger partial charge is 0.497 e. The fourth-order valence-corrected chi connectivity index (χ4v) is 4.23. The lowest BCUT2D eigenvalue weighted by atomic mass is 10.1. The Bertz CT molecular complexity index is 1030. The zero-order chi connectivity index (χ0) is 22.9. The Kier molecular flexibility index (Phi) is 8.56. The number of thioether (sulfide) groups is 1. The van der Waals surface area contributed by atoms with Crippen molar-refractivity contribution in [3.05, 3.63) is 59.4 Å². The van der Waals surface area contributed by atoms with Crippen molar-refractivity contribution in [3.63, 3.8) is 0 Å². The lowest BCUT2D eigenvalue weighted by molar-refractivity contribution is -0.113. The molecule has 1 heterocycles. The highest BCUT2D eigenvalue weighted by molar-refractivity contribution is 7.99. The molecular weight excluding hydrogens is 424 g/mol. The summed E-state index contributed by atoms with van der Waals surface area (Å²) in [5.74, 6) is 2.60. The van der Waals surface area contributed by atoms with Crippen LogP contribution in [0.1, 0.15) is 30.3 Å². The van der Waals surface area contributed by atoms with Gasteiger partial charge in [-0.1, -0.05) is 30.0 Å². The molecule has 0 aliphatic rings. The molecule has 32 heavy (non-hydrogen) atoms. The van der Waals surface area contributed by atoms with Crippen LogP contribution >= 0.6 is 11.8 Å². The first-order chi connectivity index (χ1) is 15.5. The van der Waals surface area contributed by atoms with Crippen molar-refractivity contribution >= 4 is 23.4 Å². The molecule has 0 radical (unpaired) electrons. The standard InChI is InChI=1S/C24H30N4O3S/c1-5-28-22(8-6-7-18-10-12-19(30-3)13-11-18)26-27-24(28)32-16-23(29)25-20-15-17(2)9-14-21(20)31-4/h9-15H,5-8,16H2,1-4H3,(H,25,29). The van der Waals surface area contributed by atoms with Crippen molar-refractivity contribution in [1.82, 2.24) is 14.8 Å². The van der Waals surface area contributed by atoms with Crippen LogP contribution in [-0.4, -0.2) is 40.6 Å². The van der Waals surface area contributed by atoms with Crippen molar-refractivity contribution in [2.75, 3.05) is 25.3 Å². The summed E-state index contributed by atoms with van der Waals surface area (Å²) in [6.07, 6.45) is 2.77. The number of aromatic nitrogens is 3. The fraction of sp³-hybridized carbons (Fsp3) is 0.375. The van der Waals surface area contributed by atoms with Gasteiger partial charge in [-0.3, -0.25) is 4.79 Å². The summed E-state index contributed by atoms with van der Waals surface area (Å²) < 4.78 is 12.6. The van der Waals surface area contributed by atoms with E-state index >= 15 is 0 Å². The van der Waals surface area contributed by atoms with E-state index in [0.717, 1.165) is 48.1 Å². The molecule has 0 aliphatic heterocycles. The van der Waals surface area contributed by atoms with Gasteiger partial charge in [0.25, 0.3) is 0 Å². The monoisotopic (exact) mass is 454 g/mol. The first-order valence-corrected chi connectivity index (χ1v) is 11.6. The molecule has 7 nitrogen and oxygen atoms in total. The zero-order valence-corrected chi connectivity index (χ0v) is 19.9. The van der Waals surface area contributed by atoms with Gasteiger partial charge in [-0.15, -0.1) is 10.2 Å². The van der Waals surface area contributed by atoms with Gasteiger partial charge < -0.3 is 19.4 Å². The number of benzene rings is 2. The smallest absolute Gasteiger partial charge is 0.234 e. The van der Waals surface area contributed by atoms with Gasteiger partial charge in [-0.2, -0.15) is 0 Å². The Morgan fingerprint density at radius 3 is 2.53 bits per heavy atom. The molecule has 0 fully saturated rings. The minimum Gasteiger partial charge on any atom is -0.497 e. The number of nitrogens with one attached hydrogen (secondary N) is 1. The van der Waals surface area contributed by atoms with Crippen LogP contribution in [0.3, 0.4) is 0 Å². The van der Waals surface area contributed by atoms with Gasteiger partial charge in [0.05, 0.1) is 25.7 Å².